The van der Waals surface area contributed by atoms with E-state index in [0.29, 0.717) is 6.42 Å². The molecule has 36 heavy (non-hydrogen) atoms. The smallest absolute Gasteiger partial charge is 0.313 e. The summed E-state index contributed by atoms with van der Waals surface area (Å²) in [5, 5.41) is 10.8. The summed E-state index contributed by atoms with van der Waals surface area (Å²) in [6, 6.07) is 0. The summed E-state index contributed by atoms with van der Waals surface area (Å²) in [6.45, 7) is 18.4. The van der Waals surface area contributed by atoms with E-state index in [-0.39, 0.29) is 17.4 Å². The van der Waals surface area contributed by atoms with Gasteiger partial charge in [-0.15, -0.1) is 5.48 Å². The Labute approximate surface area is 215 Å². The van der Waals surface area contributed by atoms with Crippen LogP contribution in [-0.2, 0) is 24.0 Å². The van der Waals surface area contributed by atoms with Gasteiger partial charge in [-0.2, -0.15) is 0 Å². The largest absolute Gasteiger partial charge is 0.457 e. The topological polar surface area (TPSA) is 102 Å². The second-order valence-corrected chi connectivity index (χ2v) is 11.3. The number of aliphatic hydroxyl groups excluding tert-OH is 1. The molecule has 5 atom stereocenters. The van der Waals surface area contributed by atoms with E-state index in [4.69, 9.17) is 9.57 Å². The first-order chi connectivity index (χ1) is 16.6. The number of nitrogens with one attached hydrogen (secondary N) is 1. The quantitative estimate of drug-likeness (QED) is 0.240. The fraction of sp³-hybridized carbons (Fsp3) is 0.621. The van der Waals surface area contributed by atoms with E-state index in [2.05, 4.69) is 18.1 Å². The third-order valence-corrected chi connectivity index (χ3v) is 7.53. The summed E-state index contributed by atoms with van der Waals surface area (Å²) < 4.78 is 5.78. The van der Waals surface area contributed by atoms with Crippen LogP contribution in [0.25, 0.3) is 0 Å². The minimum Gasteiger partial charge on any atom is -0.457 e. The van der Waals surface area contributed by atoms with Crippen molar-refractivity contribution in [1.29, 1.82) is 0 Å². The summed E-state index contributed by atoms with van der Waals surface area (Å²) in [5.74, 6) is -1.16. The molecule has 0 aromatic rings. The van der Waals surface area contributed by atoms with Gasteiger partial charge in [0, 0.05) is 12.0 Å². The molecule has 7 nitrogen and oxygen atoms in total. The Bertz CT molecular complexity index is 988. The fourth-order valence-corrected chi connectivity index (χ4v) is 4.61. The number of esters is 1. The zero-order valence-electron chi connectivity index (χ0n) is 23.1. The van der Waals surface area contributed by atoms with Gasteiger partial charge in [-0.3, -0.25) is 14.4 Å². The standard InChI is InChI=1S/C29H43NO6/c1-17-10-12-18(2)21(5)26(33)22(6)27(34)28(7,8)24(31)14-25(32)35-23(13-11-17)19(3)15-29(9)16-20(4)36-30-29/h11,15-16,18,21,23,26,30,33H,6,10,12-14H2,1-5,7-9H3/b17-11-,19-15+/t18?,21-,23-,26-,29?/m0/s1. The number of ether oxygens (including phenoxy) is 1. The summed E-state index contributed by atoms with van der Waals surface area (Å²) >= 11 is 0. The second kappa shape index (κ2) is 11.7. The van der Waals surface area contributed by atoms with Crippen LogP contribution in [0.2, 0.25) is 0 Å². The molecule has 0 aromatic heterocycles. The Morgan fingerprint density at radius 1 is 1.19 bits per heavy atom. The van der Waals surface area contributed by atoms with Crippen molar-refractivity contribution in [1.82, 2.24) is 5.48 Å². The highest BCUT2D eigenvalue weighted by Gasteiger charge is 2.41. The molecule has 2 rings (SSSR count). The third kappa shape index (κ3) is 7.26. The number of ketones is 2. The Kier molecular flexibility index (Phi) is 9.65. The molecular formula is C29H43NO6. The van der Waals surface area contributed by atoms with E-state index < -0.39 is 47.1 Å². The molecule has 2 aliphatic heterocycles. The molecule has 2 heterocycles. The molecule has 2 N–H and O–H groups in total. The number of aliphatic hydroxyl groups is 1. The van der Waals surface area contributed by atoms with Crippen LogP contribution < -0.4 is 5.48 Å². The van der Waals surface area contributed by atoms with Gasteiger partial charge in [-0.25, -0.2) is 0 Å². The van der Waals surface area contributed by atoms with Gasteiger partial charge in [0.2, 0.25) is 0 Å². The SMILES string of the molecule is C=C1C(=O)C(C)(C)C(=O)CC(=O)O[C@H](/C(C)=C/C2(C)C=C(C)ON2)C/C=C(/C)CCC(C)[C@H](C)[C@@H]1O. The van der Waals surface area contributed by atoms with E-state index in [1.54, 1.807) is 0 Å². The zero-order valence-corrected chi connectivity index (χ0v) is 23.1. The fourth-order valence-electron chi connectivity index (χ4n) is 4.61. The second-order valence-electron chi connectivity index (χ2n) is 11.3. The minimum atomic E-state index is -1.51. The van der Waals surface area contributed by atoms with E-state index in [0.717, 1.165) is 29.7 Å². The maximum atomic E-state index is 13.1. The number of allylic oxidation sites excluding steroid dienone is 2. The van der Waals surface area contributed by atoms with E-state index in [1.807, 2.05) is 53.7 Å². The molecule has 7 heteroatoms. The maximum Gasteiger partial charge on any atom is 0.313 e. The van der Waals surface area contributed by atoms with Crippen LogP contribution in [0, 0.1) is 17.3 Å². The van der Waals surface area contributed by atoms with Crippen molar-refractivity contribution in [2.75, 3.05) is 0 Å². The van der Waals surface area contributed by atoms with Gasteiger partial charge < -0.3 is 14.7 Å². The highest BCUT2D eigenvalue weighted by atomic mass is 16.7. The number of cyclic esters (lactones) is 1. The van der Waals surface area contributed by atoms with Gasteiger partial charge in [-0.05, 0) is 77.9 Å². The van der Waals surface area contributed by atoms with E-state index in [1.165, 1.54) is 13.8 Å². The van der Waals surface area contributed by atoms with Crippen molar-refractivity contribution < 1.29 is 29.1 Å². The average Bonchev–Trinajstić information content (AvgIpc) is 3.14. The van der Waals surface area contributed by atoms with Gasteiger partial charge in [0.1, 0.15) is 18.3 Å². The van der Waals surface area contributed by atoms with Gasteiger partial charge >= 0.3 is 5.97 Å². The Morgan fingerprint density at radius 2 is 1.83 bits per heavy atom. The van der Waals surface area contributed by atoms with Crippen LogP contribution in [0.4, 0.5) is 0 Å². The van der Waals surface area contributed by atoms with Crippen LogP contribution in [0.15, 0.2) is 47.3 Å². The van der Waals surface area contributed by atoms with Crippen LogP contribution >= 0.6 is 0 Å². The lowest BCUT2D eigenvalue weighted by atomic mass is 9.75. The van der Waals surface area contributed by atoms with Gasteiger partial charge in [0.05, 0.1) is 17.1 Å². The molecule has 0 aliphatic carbocycles. The Hall–Kier alpha value is -2.51. The number of carbonyl (C=O) groups is 3. The predicted octanol–water partition coefficient (Wildman–Crippen LogP) is 4.92. The minimum absolute atomic E-state index is 0.0000423. The molecule has 0 spiro atoms. The average molecular weight is 502 g/mol. The Balaban J connectivity index is 2.40. The summed E-state index contributed by atoms with van der Waals surface area (Å²) in [6.07, 6.45) is 5.85. The number of carbonyl (C=O) groups excluding carboxylic acids is 3. The third-order valence-electron chi connectivity index (χ3n) is 7.53. The van der Waals surface area contributed by atoms with Gasteiger partial charge in [0.25, 0.3) is 0 Å². The molecule has 0 saturated heterocycles. The highest BCUT2D eigenvalue weighted by molar-refractivity contribution is 6.16. The summed E-state index contributed by atoms with van der Waals surface area (Å²) in [7, 11) is 0. The van der Waals surface area contributed by atoms with Gasteiger partial charge in [-0.1, -0.05) is 38.2 Å². The molecule has 0 fully saturated rings. The number of rotatable bonds is 2. The molecule has 2 aliphatic rings. The van der Waals surface area contributed by atoms with Crippen molar-refractivity contribution in [3.05, 3.63) is 47.3 Å². The van der Waals surface area contributed by atoms with Crippen molar-refractivity contribution in [2.45, 2.75) is 98.8 Å². The van der Waals surface area contributed by atoms with Crippen LogP contribution in [0.3, 0.4) is 0 Å². The lowest BCUT2D eigenvalue weighted by Gasteiger charge is -2.30. The molecule has 2 unspecified atom stereocenters. The first-order valence-electron chi connectivity index (χ1n) is 12.7. The number of hydroxylamine groups is 1. The number of hydrogen-bond acceptors (Lipinski definition) is 7. The zero-order chi connectivity index (χ0) is 27.4. The number of Topliss-reactive ketones (excluding diaryl/α,β-unsaturated/α-hetero) is 2. The van der Waals surface area contributed by atoms with E-state index >= 15 is 0 Å². The van der Waals surface area contributed by atoms with Crippen molar-refractivity contribution >= 4 is 17.5 Å². The Morgan fingerprint density at radius 3 is 2.42 bits per heavy atom. The van der Waals surface area contributed by atoms with Crippen molar-refractivity contribution in [3.63, 3.8) is 0 Å². The molecule has 0 bridgehead atoms. The normalized spacial score (nSPS) is 35.0. The molecule has 0 radical (unpaired) electrons. The molecule has 0 saturated carbocycles. The van der Waals surface area contributed by atoms with E-state index in [9.17, 15) is 19.5 Å². The number of hydrogen-bond donors (Lipinski definition) is 2. The summed E-state index contributed by atoms with van der Waals surface area (Å²) in [5.41, 5.74) is 2.87. The first-order valence-corrected chi connectivity index (χ1v) is 12.7. The summed E-state index contributed by atoms with van der Waals surface area (Å²) in [4.78, 5) is 44.4. The van der Waals surface area contributed by atoms with Crippen LogP contribution in [0.5, 0.6) is 0 Å². The molecule has 0 aromatic carbocycles. The monoisotopic (exact) mass is 501 g/mol. The van der Waals surface area contributed by atoms with Crippen molar-refractivity contribution in [2.24, 2.45) is 17.3 Å². The molecule has 0 amide bonds. The molecular weight excluding hydrogens is 458 g/mol. The lowest BCUT2D eigenvalue weighted by Crippen LogP contribution is -2.40. The predicted molar refractivity (Wildman–Crippen MR) is 140 cm³/mol. The first kappa shape index (κ1) is 29.7. The lowest BCUT2D eigenvalue weighted by molar-refractivity contribution is -0.151. The highest BCUT2D eigenvalue weighted by Crippen LogP contribution is 2.31. The van der Waals surface area contributed by atoms with Gasteiger partial charge in [0.15, 0.2) is 11.6 Å². The van der Waals surface area contributed by atoms with Crippen molar-refractivity contribution in [3.8, 4) is 0 Å². The molecule has 200 valence electrons. The maximum absolute atomic E-state index is 13.1. The van der Waals surface area contributed by atoms with Crippen LogP contribution in [0.1, 0.15) is 81.1 Å². The van der Waals surface area contributed by atoms with Crippen LogP contribution in [-0.4, -0.2) is 40.4 Å².